The molecule has 4 aromatic heterocycles. The molecule has 2 aliphatic carbocycles. The van der Waals surface area contributed by atoms with Crippen LogP contribution in [0.3, 0.4) is 0 Å². The average molecular weight is 1540 g/mol. The molecule has 0 radical (unpaired) electrons. The second kappa shape index (κ2) is 30.1. The lowest BCUT2D eigenvalue weighted by Crippen LogP contribution is -2.16. The second-order valence-corrected chi connectivity index (χ2v) is 32.4. The molecule has 0 fully saturated rings. The molecular formula is C114H84N6. The first-order chi connectivity index (χ1) is 59.1. The molecule has 0 spiro atoms. The fraction of sp³-hybridized carbons (Fsp3) is 0.0526. The zero-order chi connectivity index (χ0) is 80.4. The van der Waals surface area contributed by atoms with E-state index in [0.717, 1.165) is 55.9 Å². The van der Waals surface area contributed by atoms with Crippen molar-refractivity contribution in [1.29, 1.82) is 0 Å². The van der Waals surface area contributed by atoms with Crippen LogP contribution >= 0.6 is 0 Å². The third-order valence-corrected chi connectivity index (χ3v) is 24.8. The van der Waals surface area contributed by atoms with Gasteiger partial charge in [-0.2, -0.15) is 0 Å². The van der Waals surface area contributed by atoms with Crippen LogP contribution in [-0.2, 0) is 10.8 Å². The highest BCUT2D eigenvalue weighted by atomic mass is 15.1. The summed E-state index contributed by atoms with van der Waals surface area (Å²) in [7, 11) is 0. The van der Waals surface area contributed by atoms with Gasteiger partial charge in [-0.05, 0) is 222 Å². The Morgan fingerprint density at radius 2 is 0.475 bits per heavy atom. The van der Waals surface area contributed by atoms with E-state index in [-0.39, 0.29) is 10.8 Å². The number of benzene rings is 17. The van der Waals surface area contributed by atoms with E-state index in [2.05, 4.69) is 469 Å². The number of fused-ring (bicyclic) bond motifs is 15. The van der Waals surface area contributed by atoms with E-state index < -0.39 is 0 Å². The van der Waals surface area contributed by atoms with Gasteiger partial charge in [-0.15, -0.1) is 0 Å². The van der Waals surface area contributed by atoms with Gasteiger partial charge in [0.05, 0.1) is 33.1 Å². The molecule has 0 N–H and O–H groups in total. The first-order valence-corrected chi connectivity index (χ1v) is 41.4. The molecule has 2 aliphatic rings. The number of para-hydroxylation sites is 6. The molecule has 0 aliphatic heterocycles. The maximum Gasteiger partial charge on any atom is 0.0970 e. The van der Waals surface area contributed by atoms with Crippen LogP contribution in [0.2, 0.25) is 0 Å². The molecule has 0 amide bonds. The highest BCUT2D eigenvalue weighted by Gasteiger charge is 2.37. The van der Waals surface area contributed by atoms with Crippen LogP contribution in [0.15, 0.2) is 437 Å². The van der Waals surface area contributed by atoms with Crippen molar-refractivity contribution >= 4 is 99.5 Å². The van der Waals surface area contributed by atoms with Crippen molar-refractivity contribution in [2.24, 2.45) is 0 Å². The summed E-state index contributed by atoms with van der Waals surface area (Å²) in [5.41, 5.74) is 36.3. The van der Waals surface area contributed by atoms with E-state index in [1.54, 1.807) is 0 Å². The Hall–Kier alpha value is -15.2. The molecule has 21 aromatic rings. The van der Waals surface area contributed by atoms with Crippen molar-refractivity contribution in [2.75, 3.05) is 9.80 Å². The summed E-state index contributed by atoms with van der Waals surface area (Å²) in [4.78, 5) is 14.1. The predicted octanol–water partition coefficient (Wildman–Crippen LogP) is 30.6. The molecule has 6 heteroatoms. The first kappa shape index (κ1) is 72.5. The Morgan fingerprint density at radius 1 is 0.200 bits per heavy atom. The van der Waals surface area contributed by atoms with Crippen molar-refractivity contribution in [1.82, 2.24) is 19.1 Å². The Bertz CT molecular complexity index is 6860. The molecule has 17 aromatic carbocycles. The van der Waals surface area contributed by atoms with Crippen molar-refractivity contribution < 1.29 is 0 Å². The Balaban J connectivity index is 0.000000120. The van der Waals surface area contributed by atoms with Crippen LogP contribution in [0, 0.1) is 0 Å². The summed E-state index contributed by atoms with van der Waals surface area (Å²) < 4.78 is 4.72. The molecule has 0 bridgehead atoms. The topological polar surface area (TPSA) is 42.1 Å². The predicted molar refractivity (Wildman–Crippen MR) is 505 cm³/mol. The molecule has 0 unspecified atom stereocenters. The number of nitrogens with zero attached hydrogens (tertiary/aromatic N) is 6. The minimum atomic E-state index is -0.0700. The van der Waals surface area contributed by atoms with Crippen molar-refractivity contribution in [3.8, 4) is 78.1 Å². The number of aromatic nitrogens is 4. The highest BCUT2D eigenvalue weighted by Crippen LogP contribution is 2.53. The molecule has 120 heavy (non-hydrogen) atoms. The highest BCUT2D eigenvalue weighted by molar-refractivity contribution is 6.13. The van der Waals surface area contributed by atoms with Gasteiger partial charge in [0.15, 0.2) is 0 Å². The van der Waals surface area contributed by atoms with Gasteiger partial charge in [0, 0.05) is 101 Å². The third-order valence-electron chi connectivity index (χ3n) is 24.8. The smallest absolute Gasteiger partial charge is 0.0970 e. The SMILES string of the molecule is CC1(C)c2ccccc2-c2ccc(N(c3ccccc3)c3ccc(-c4ccc(N(c5ccccc5)c5ccc6c(c5)C(C)(C)c5ccccc5-6)cc4)cc3)cc21.c1ccc(-c2ccnc3c2ccc2c(-c4ccccc4)ccnc23)cc1.c1ccc2c(c1)c1ccccc1n2-c1ccc(-c2ccc(-n3c4ccccc4c4ccccc43)cc2)cc1. The van der Waals surface area contributed by atoms with Crippen LogP contribution in [0.25, 0.3) is 144 Å². The maximum atomic E-state index is 4.67. The summed E-state index contributed by atoms with van der Waals surface area (Å²) in [6.45, 7) is 9.39. The molecule has 23 rings (SSSR count). The van der Waals surface area contributed by atoms with E-state index in [9.17, 15) is 0 Å². The number of pyridine rings is 2. The molecular weight excluding hydrogens is 1450 g/mol. The van der Waals surface area contributed by atoms with Gasteiger partial charge in [-0.3, -0.25) is 9.97 Å². The second-order valence-electron chi connectivity index (χ2n) is 32.4. The van der Waals surface area contributed by atoms with Gasteiger partial charge in [0.2, 0.25) is 0 Å². The summed E-state index contributed by atoms with van der Waals surface area (Å²) in [5, 5.41) is 7.40. The number of hydrogen-bond acceptors (Lipinski definition) is 4. The lowest BCUT2D eigenvalue weighted by atomic mass is 9.82. The lowest BCUT2D eigenvalue weighted by molar-refractivity contribution is 0.660. The zero-order valence-corrected chi connectivity index (χ0v) is 67.3. The van der Waals surface area contributed by atoms with Gasteiger partial charge >= 0.3 is 0 Å². The van der Waals surface area contributed by atoms with E-state index >= 15 is 0 Å². The number of anilines is 6. The van der Waals surface area contributed by atoms with Crippen LogP contribution in [-0.4, -0.2) is 19.1 Å². The van der Waals surface area contributed by atoms with E-state index in [4.69, 9.17) is 0 Å². The molecule has 4 heterocycles. The van der Waals surface area contributed by atoms with Crippen LogP contribution in [0.4, 0.5) is 34.1 Å². The zero-order valence-electron chi connectivity index (χ0n) is 67.3. The van der Waals surface area contributed by atoms with Crippen LogP contribution in [0.1, 0.15) is 49.9 Å². The fourth-order valence-corrected chi connectivity index (χ4v) is 18.9. The molecule has 570 valence electrons. The number of rotatable bonds is 12. The van der Waals surface area contributed by atoms with Gasteiger partial charge in [-0.1, -0.05) is 319 Å². The quantitative estimate of drug-likeness (QED) is 0.114. The average Bonchev–Trinajstić information content (AvgIpc) is 1.53. The summed E-state index contributed by atoms with van der Waals surface area (Å²) in [6.07, 6.45) is 3.75. The van der Waals surface area contributed by atoms with Gasteiger partial charge in [-0.25, -0.2) is 0 Å². The van der Waals surface area contributed by atoms with E-state index in [1.807, 2.05) is 24.5 Å². The van der Waals surface area contributed by atoms with Crippen molar-refractivity contribution in [3.63, 3.8) is 0 Å². The normalized spacial score (nSPS) is 12.6. The van der Waals surface area contributed by atoms with Gasteiger partial charge in [0.25, 0.3) is 0 Å². The monoisotopic (exact) mass is 1540 g/mol. The molecule has 0 atom stereocenters. The Kier molecular flexibility index (Phi) is 18.2. The number of hydrogen-bond donors (Lipinski definition) is 0. The summed E-state index contributed by atoms with van der Waals surface area (Å²) in [5.74, 6) is 0. The largest absolute Gasteiger partial charge is 0.310 e. The van der Waals surface area contributed by atoms with Gasteiger partial charge < -0.3 is 18.9 Å². The Morgan fingerprint density at radius 3 is 0.825 bits per heavy atom. The fourth-order valence-electron chi connectivity index (χ4n) is 18.9. The third kappa shape index (κ3) is 12.7. The Labute approximate surface area is 699 Å². The minimum absolute atomic E-state index is 0.0700. The van der Waals surface area contributed by atoms with Crippen molar-refractivity contribution in [3.05, 3.63) is 459 Å². The van der Waals surface area contributed by atoms with E-state index in [1.165, 1.54) is 144 Å². The molecule has 0 saturated heterocycles. The summed E-state index contributed by atoms with van der Waals surface area (Å²) >= 11 is 0. The maximum absolute atomic E-state index is 4.67. The van der Waals surface area contributed by atoms with Crippen LogP contribution < -0.4 is 9.80 Å². The minimum Gasteiger partial charge on any atom is -0.310 e. The van der Waals surface area contributed by atoms with E-state index in [0.29, 0.717) is 0 Å². The molecule has 0 saturated carbocycles. The van der Waals surface area contributed by atoms with Crippen LogP contribution in [0.5, 0.6) is 0 Å². The summed E-state index contributed by atoms with van der Waals surface area (Å²) in [6, 6.07) is 153. The van der Waals surface area contributed by atoms with Crippen molar-refractivity contribution in [2.45, 2.75) is 38.5 Å². The first-order valence-electron chi connectivity index (χ1n) is 41.4. The lowest BCUT2D eigenvalue weighted by Gasteiger charge is -2.28. The standard InChI is InChI=1S/C54H44N2.C36H24N2.C24H16N2/c1-53(2)49-21-13-11-19-45(49)47-33-31-43(35-51(47)53)55(39-15-7-5-8-16-39)41-27-23-37(24-28-41)38-25-29-42(30-26-38)56(40-17-9-6-10-18-40)44-32-34-48-46-20-12-14-22-50(46)54(3,4)52(48)36-44;1-5-13-33-29(9-1)30-10-2-6-14-34(30)37(33)27-21-17-25(18-22-27)26-19-23-28(24-20-26)38-35-15-7-3-11-31(35)32-12-4-8-16-36(32)38;1-3-7-17(8-4-1)19-13-15-25-23-21(19)11-12-22-20(14-16-26-24(22)23)18-9-5-2-6-10-18/h5-36H,1-4H3;1-24H;1-16H. The molecule has 6 nitrogen and oxygen atoms in total. The van der Waals surface area contributed by atoms with Gasteiger partial charge in [0.1, 0.15) is 0 Å².